The highest BCUT2D eigenvalue weighted by Crippen LogP contribution is 2.31. The SMILES string of the molecule is CCCCN(C)C(=O)C1CCC(Cn2c(=O)c3sccc3n(Cc3cccc(OC)c3)c2=O)CC1. The molecule has 35 heavy (non-hydrogen) atoms. The highest BCUT2D eigenvalue weighted by molar-refractivity contribution is 7.17. The third-order valence-corrected chi connectivity index (χ3v) is 8.06. The Balaban J connectivity index is 1.53. The summed E-state index contributed by atoms with van der Waals surface area (Å²) in [6.45, 7) is 3.70. The largest absolute Gasteiger partial charge is 0.497 e. The molecular weight excluding hydrogens is 462 g/mol. The summed E-state index contributed by atoms with van der Waals surface area (Å²) in [6, 6.07) is 9.49. The quantitative estimate of drug-likeness (QED) is 0.441. The van der Waals surface area contributed by atoms with Crippen molar-refractivity contribution in [1.29, 1.82) is 0 Å². The molecule has 1 aromatic carbocycles. The highest BCUT2D eigenvalue weighted by atomic mass is 32.1. The maximum absolute atomic E-state index is 13.5. The summed E-state index contributed by atoms with van der Waals surface area (Å²) >= 11 is 1.38. The van der Waals surface area contributed by atoms with Crippen LogP contribution in [0.4, 0.5) is 0 Å². The fourth-order valence-corrected chi connectivity index (χ4v) is 5.91. The summed E-state index contributed by atoms with van der Waals surface area (Å²) in [5.41, 5.74) is 1.13. The van der Waals surface area contributed by atoms with Crippen molar-refractivity contribution >= 4 is 27.5 Å². The first-order chi connectivity index (χ1) is 16.9. The minimum absolute atomic E-state index is 0.0503. The highest BCUT2D eigenvalue weighted by Gasteiger charge is 2.29. The summed E-state index contributed by atoms with van der Waals surface area (Å²) in [7, 11) is 3.51. The number of hydrogen-bond acceptors (Lipinski definition) is 5. The van der Waals surface area contributed by atoms with Gasteiger partial charge in [-0.15, -0.1) is 11.3 Å². The summed E-state index contributed by atoms with van der Waals surface area (Å²) in [4.78, 5) is 41.4. The zero-order valence-electron chi connectivity index (χ0n) is 20.9. The first-order valence-electron chi connectivity index (χ1n) is 12.5. The van der Waals surface area contributed by atoms with E-state index in [1.54, 1.807) is 11.7 Å². The second-order valence-electron chi connectivity index (χ2n) is 9.60. The van der Waals surface area contributed by atoms with Crippen LogP contribution in [0.3, 0.4) is 0 Å². The molecule has 1 amide bonds. The van der Waals surface area contributed by atoms with Gasteiger partial charge in [0.1, 0.15) is 10.4 Å². The Morgan fingerprint density at radius 2 is 1.91 bits per heavy atom. The molecule has 0 spiro atoms. The van der Waals surface area contributed by atoms with Gasteiger partial charge in [-0.2, -0.15) is 0 Å². The van der Waals surface area contributed by atoms with E-state index in [4.69, 9.17) is 4.74 Å². The Morgan fingerprint density at radius 1 is 1.14 bits per heavy atom. The molecule has 1 aliphatic rings. The van der Waals surface area contributed by atoms with Crippen LogP contribution in [0, 0.1) is 11.8 Å². The zero-order valence-corrected chi connectivity index (χ0v) is 21.7. The predicted molar refractivity (Wildman–Crippen MR) is 140 cm³/mol. The second kappa shape index (κ2) is 11.2. The van der Waals surface area contributed by atoms with E-state index in [-0.39, 0.29) is 29.0 Å². The fraction of sp³-hybridized carbons (Fsp3) is 0.519. The molecule has 1 saturated carbocycles. The van der Waals surface area contributed by atoms with Gasteiger partial charge in [0.25, 0.3) is 5.56 Å². The molecule has 1 aliphatic carbocycles. The van der Waals surface area contributed by atoms with Gasteiger partial charge in [-0.1, -0.05) is 25.5 Å². The molecule has 8 heteroatoms. The van der Waals surface area contributed by atoms with Crippen molar-refractivity contribution in [2.24, 2.45) is 11.8 Å². The molecule has 0 radical (unpaired) electrons. The van der Waals surface area contributed by atoms with Gasteiger partial charge in [-0.25, -0.2) is 4.79 Å². The van der Waals surface area contributed by atoms with Crippen LogP contribution in [0.5, 0.6) is 5.75 Å². The lowest BCUT2D eigenvalue weighted by molar-refractivity contribution is -0.135. The lowest BCUT2D eigenvalue weighted by Gasteiger charge is -2.30. The Hall–Kier alpha value is -2.87. The third-order valence-electron chi connectivity index (χ3n) is 7.17. The molecule has 0 N–H and O–H groups in total. The average molecular weight is 498 g/mol. The number of amides is 1. The number of unbranched alkanes of at least 4 members (excludes halogenated alkanes) is 1. The van der Waals surface area contributed by atoms with Crippen LogP contribution in [-0.4, -0.2) is 40.6 Å². The lowest BCUT2D eigenvalue weighted by Crippen LogP contribution is -2.42. The van der Waals surface area contributed by atoms with E-state index in [0.29, 0.717) is 23.3 Å². The van der Waals surface area contributed by atoms with Crippen molar-refractivity contribution in [3.05, 3.63) is 62.1 Å². The van der Waals surface area contributed by atoms with Crippen LogP contribution in [0.15, 0.2) is 45.3 Å². The van der Waals surface area contributed by atoms with Crippen LogP contribution in [0.1, 0.15) is 51.0 Å². The van der Waals surface area contributed by atoms with Crippen LogP contribution in [0.2, 0.25) is 0 Å². The first-order valence-corrected chi connectivity index (χ1v) is 13.4. The monoisotopic (exact) mass is 497 g/mol. The van der Waals surface area contributed by atoms with Crippen LogP contribution in [-0.2, 0) is 17.9 Å². The van der Waals surface area contributed by atoms with Crippen molar-refractivity contribution in [1.82, 2.24) is 14.0 Å². The minimum Gasteiger partial charge on any atom is -0.497 e. The first kappa shape index (κ1) is 25.2. The normalized spacial score (nSPS) is 18.0. The maximum atomic E-state index is 13.5. The Bertz CT molecular complexity index is 1280. The van der Waals surface area contributed by atoms with Gasteiger partial charge < -0.3 is 9.64 Å². The maximum Gasteiger partial charge on any atom is 0.331 e. The number of benzene rings is 1. The molecule has 0 bridgehead atoms. The van der Waals surface area contributed by atoms with Gasteiger partial charge in [0.05, 0.1) is 19.2 Å². The summed E-state index contributed by atoms with van der Waals surface area (Å²) in [6.07, 6.45) is 5.42. The van der Waals surface area contributed by atoms with Crippen molar-refractivity contribution in [3.8, 4) is 5.75 Å². The van der Waals surface area contributed by atoms with Crippen LogP contribution >= 0.6 is 11.3 Å². The van der Waals surface area contributed by atoms with E-state index >= 15 is 0 Å². The number of thiophene rings is 1. The van der Waals surface area contributed by atoms with Crippen molar-refractivity contribution in [3.63, 3.8) is 0 Å². The molecule has 2 heterocycles. The van der Waals surface area contributed by atoms with Gasteiger partial charge in [-0.05, 0) is 67.2 Å². The number of ether oxygens (including phenoxy) is 1. The van der Waals surface area contributed by atoms with Crippen molar-refractivity contribution in [2.45, 2.75) is 58.5 Å². The molecule has 4 rings (SSSR count). The minimum atomic E-state index is -0.277. The molecule has 0 saturated heterocycles. The fourth-order valence-electron chi connectivity index (χ4n) is 5.07. The van der Waals surface area contributed by atoms with Gasteiger partial charge >= 0.3 is 5.69 Å². The second-order valence-corrected chi connectivity index (χ2v) is 10.5. The number of carbonyl (C=O) groups is 1. The third kappa shape index (κ3) is 5.53. The van der Waals surface area contributed by atoms with E-state index in [0.717, 1.165) is 56.4 Å². The smallest absolute Gasteiger partial charge is 0.331 e. The summed E-state index contributed by atoms with van der Waals surface area (Å²) in [5.74, 6) is 1.23. The Labute approximate surface area is 209 Å². The molecule has 7 nitrogen and oxygen atoms in total. The van der Waals surface area contributed by atoms with Gasteiger partial charge in [0.2, 0.25) is 5.91 Å². The average Bonchev–Trinajstić information content (AvgIpc) is 3.38. The van der Waals surface area contributed by atoms with E-state index < -0.39 is 0 Å². The van der Waals surface area contributed by atoms with Crippen LogP contribution in [0.25, 0.3) is 10.2 Å². The number of rotatable bonds is 9. The molecule has 2 aromatic heterocycles. The lowest BCUT2D eigenvalue weighted by atomic mass is 9.81. The standard InChI is InChI=1S/C27H35N3O4S/c1-4-5-14-28(2)25(31)21-11-9-19(10-12-21)17-30-26(32)24-23(13-15-35-24)29(27(30)33)18-20-7-6-8-22(16-20)34-3/h6-8,13,15-16,19,21H,4-5,9-12,14,17-18H2,1-3H3. The predicted octanol–water partition coefficient (Wildman–Crippen LogP) is 4.35. The zero-order chi connectivity index (χ0) is 24.9. The van der Waals surface area contributed by atoms with E-state index in [1.807, 2.05) is 47.7 Å². The van der Waals surface area contributed by atoms with E-state index in [1.165, 1.54) is 15.9 Å². The summed E-state index contributed by atoms with van der Waals surface area (Å²) in [5, 5.41) is 1.86. The molecule has 188 valence electrons. The molecule has 0 unspecified atom stereocenters. The molecule has 0 aliphatic heterocycles. The number of methoxy groups -OCH3 is 1. The van der Waals surface area contributed by atoms with Crippen LogP contribution < -0.4 is 16.0 Å². The Morgan fingerprint density at radius 3 is 2.63 bits per heavy atom. The van der Waals surface area contributed by atoms with Gasteiger partial charge in [-0.3, -0.25) is 18.7 Å². The molecular formula is C27H35N3O4S. The van der Waals surface area contributed by atoms with Gasteiger partial charge in [0, 0.05) is 26.1 Å². The number of hydrogen-bond donors (Lipinski definition) is 0. The van der Waals surface area contributed by atoms with Gasteiger partial charge in [0.15, 0.2) is 0 Å². The number of nitrogens with zero attached hydrogens (tertiary/aromatic N) is 3. The van der Waals surface area contributed by atoms with E-state index in [2.05, 4.69) is 6.92 Å². The molecule has 3 aromatic rings. The summed E-state index contributed by atoms with van der Waals surface area (Å²) < 4.78 is 9.05. The number of carbonyl (C=O) groups excluding carboxylic acids is 1. The number of fused-ring (bicyclic) bond motifs is 1. The van der Waals surface area contributed by atoms with Crippen molar-refractivity contribution in [2.75, 3.05) is 20.7 Å². The Kier molecular flexibility index (Phi) is 8.11. The molecule has 1 fully saturated rings. The topological polar surface area (TPSA) is 73.5 Å². The number of aromatic nitrogens is 2. The van der Waals surface area contributed by atoms with Crippen molar-refractivity contribution < 1.29 is 9.53 Å². The van der Waals surface area contributed by atoms with E-state index in [9.17, 15) is 14.4 Å². The molecule has 0 atom stereocenters.